The van der Waals surface area contributed by atoms with Gasteiger partial charge in [0.25, 0.3) is 0 Å². The standard InChI is InChI=1S/C29H41NO8/c1-15-12-16(2)29-14-20(9-10-21(29)13-23(35-6)28(34)36-24(15)19(5)32)26(38-29)25(17(3)18(4)31)37-27(33)22-8-7-11-30-22/h7-12,15,17-21,23-26,30-32H,13-14H2,1-6H3/b16-12+/t15-,17-,18+,19-,20-,21-,23+,24+,25-,26-,29+/m1/s1. The summed E-state index contributed by atoms with van der Waals surface area (Å²) in [6, 6.07) is 3.37. The van der Waals surface area contributed by atoms with Gasteiger partial charge in [-0.15, -0.1) is 0 Å². The molecule has 2 aliphatic heterocycles. The first-order valence-corrected chi connectivity index (χ1v) is 13.5. The summed E-state index contributed by atoms with van der Waals surface area (Å²) >= 11 is 0. The van der Waals surface area contributed by atoms with E-state index in [1.165, 1.54) is 7.11 Å². The quantitative estimate of drug-likeness (QED) is 0.362. The van der Waals surface area contributed by atoms with Crippen molar-refractivity contribution in [3.05, 3.63) is 47.8 Å². The lowest BCUT2D eigenvalue weighted by molar-refractivity contribution is -0.172. The number of aromatic nitrogens is 1. The topological polar surface area (TPSA) is 127 Å². The molecule has 0 radical (unpaired) electrons. The fraction of sp³-hybridized carbons (Fsp3) is 0.655. The maximum atomic E-state index is 13.0. The van der Waals surface area contributed by atoms with Crippen LogP contribution in [0, 0.1) is 23.7 Å². The highest BCUT2D eigenvalue weighted by molar-refractivity contribution is 5.87. The number of carbonyl (C=O) groups excluding carboxylic acids is 2. The average molecular weight is 532 g/mol. The predicted octanol–water partition coefficient (Wildman–Crippen LogP) is 3.18. The van der Waals surface area contributed by atoms with Crippen molar-refractivity contribution < 1.29 is 38.7 Å². The Labute approximate surface area is 224 Å². The number of hydrogen-bond acceptors (Lipinski definition) is 8. The number of H-pyrrole nitrogens is 1. The molecule has 3 heterocycles. The zero-order valence-electron chi connectivity index (χ0n) is 23.0. The molecular weight excluding hydrogens is 490 g/mol. The molecule has 1 saturated heterocycles. The van der Waals surface area contributed by atoms with Crippen molar-refractivity contribution in [2.75, 3.05) is 7.11 Å². The van der Waals surface area contributed by atoms with Crippen molar-refractivity contribution in [2.45, 2.75) is 89.7 Å². The Balaban J connectivity index is 1.73. The molecule has 38 heavy (non-hydrogen) atoms. The Morgan fingerprint density at radius 2 is 1.95 bits per heavy atom. The molecule has 0 amide bonds. The number of nitrogens with one attached hydrogen (secondary N) is 1. The van der Waals surface area contributed by atoms with Crippen molar-refractivity contribution in [2.24, 2.45) is 23.7 Å². The number of aliphatic hydroxyl groups excluding tert-OH is 2. The van der Waals surface area contributed by atoms with Crippen LogP contribution in [0.1, 0.15) is 57.9 Å². The highest BCUT2D eigenvalue weighted by Gasteiger charge is 2.57. The van der Waals surface area contributed by atoms with Crippen LogP contribution in [0.25, 0.3) is 0 Å². The number of ether oxygens (including phenoxy) is 4. The van der Waals surface area contributed by atoms with Crippen LogP contribution < -0.4 is 0 Å². The minimum Gasteiger partial charge on any atom is -0.457 e. The fourth-order valence-corrected chi connectivity index (χ4v) is 6.22. The summed E-state index contributed by atoms with van der Waals surface area (Å²) in [7, 11) is 1.47. The van der Waals surface area contributed by atoms with E-state index in [2.05, 4.69) is 17.1 Å². The highest BCUT2D eigenvalue weighted by Crippen LogP contribution is 2.53. The molecule has 4 rings (SSSR count). The fourth-order valence-electron chi connectivity index (χ4n) is 6.22. The first kappa shape index (κ1) is 28.5. The third-order valence-corrected chi connectivity index (χ3v) is 8.60. The molecule has 0 saturated carbocycles. The average Bonchev–Trinajstić information content (AvgIpc) is 3.51. The minimum absolute atomic E-state index is 0.0732. The largest absolute Gasteiger partial charge is 0.457 e. The van der Waals surface area contributed by atoms with Gasteiger partial charge in [-0.1, -0.05) is 32.1 Å². The number of aliphatic hydroxyl groups is 2. The molecule has 1 aliphatic carbocycles. The van der Waals surface area contributed by atoms with E-state index in [0.717, 1.165) is 5.57 Å². The summed E-state index contributed by atoms with van der Waals surface area (Å²) < 4.78 is 24.2. The molecule has 9 nitrogen and oxygen atoms in total. The number of cyclic esters (lactones) is 1. The molecule has 2 bridgehead atoms. The summed E-state index contributed by atoms with van der Waals surface area (Å²) in [5, 5.41) is 20.9. The van der Waals surface area contributed by atoms with E-state index in [-0.39, 0.29) is 17.8 Å². The van der Waals surface area contributed by atoms with E-state index in [9.17, 15) is 19.8 Å². The second kappa shape index (κ2) is 11.3. The molecule has 9 heteroatoms. The van der Waals surface area contributed by atoms with Crippen LogP contribution >= 0.6 is 0 Å². The summed E-state index contributed by atoms with van der Waals surface area (Å²) in [6.45, 7) is 9.05. The molecule has 1 spiro atoms. The summed E-state index contributed by atoms with van der Waals surface area (Å²) in [5.41, 5.74) is 0.518. The van der Waals surface area contributed by atoms with Gasteiger partial charge >= 0.3 is 11.9 Å². The zero-order valence-corrected chi connectivity index (χ0v) is 23.0. The van der Waals surface area contributed by atoms with Crippen LogP contribution in [-0.2, 0) is 23.7 Å². The van der Waals surface area contributed by atoms with Crippen molar-refractivity contribution in [3.63, 3.8) is 0 Å². The minimum atomic E-state index is -0.872. The summed E-state index contributed by atoms with van der Waals surface area (Å²) in [6.07, 6.45) is 4.36. The number of fused-ring (bicyclic) bond motifs is 1. The Hall–Kier alpha value is -2.46. The SMILES string of the molecule is CO[C@H]1C[C@H]2C=C[C@@H]3C[C@]2(O[C@H]3[C@H](OC(=O)c2ccc[nH]2)[C@H](C)[C@H](C)O)/C(C)=C/[C@@H](C)[C@@H]([C@@H](C)O)OC1=O. The smallest absolute Gasteiger partial charge is 0.355 e. The summed E-state index contributed by atoms with van der Waals surface area (Å²) in [4.78, 5) is 28.9. The second-order valence-electron chi connectivity index (χ2n) is 11.2. The predicted molar refractivity (Wildman–Crippen MR) is 139 cm³/mol. The number of esters is 2. The van der Waals surface area contributed by atoms with Gasteiger partial charge in [-0.2, -0.15) is 0 Å². The highest BCUT2D eigenvalue weighted by atomic mass is 16.6. The maximum absolute atomic E-state index is 13.0. The van der Waals surface area contributed by atoms with Crippen molar-refractivity contribution in [1.82, 2.24) is 4.98 Å². The Kier molecular flexibility index (Phi) is 8.52. The lowest BCUT2D eigenvalue weighted by Gasteiger charge is -2.41. The van der Waals surface area contributed by atoms with Gasteiger partial charge in [0.15, 0.2) is 6.10 Å². The summed E-state index contributed by atoms with van der Waals surface area (Å²) in [5.74, 6) is -1.98. The van der Waals surface area contributed by atoms with Gasteiger partial charge in [-0.05, 0) is 51.3 Å². The van der Waals surface area contributed by atoms with Crippen LogP contribution in [-0.4, -0.2) is 76.5 Å². The number of methoxy groups -OCH3 is 1. The van der Waals surface area contributed by atoms with Gasteiger partial charge < -0.3 is 34.1 Å². The van der Waals surface area contributed by atoms with Crippen LogP contribution in [0.4, 0.5) is 0 Å². The Bertz CT molecular complexity index is 1050. The number of aromatic amines is 1. The van der Waals surface area contributed by atoms with Crippen LogP contribution in [0.5, 0.6) is 0 Å². The molecular formula is C29H41NO8. The molecule has 1 aromatic heterocycles. The van der Waals surface area contributed by atoms with E-state index in [0.29, 0.717) is 18.5 Å². The lowest BCUT2D eigenvalue weighted by Crippen LogP contribution is -2.47. The number of rotatable bonds is 7. The first-order valence-electron chi connectivity index (χ1n) is 13.5. The Morgan fingerprint density at radius 3 is 2.55 bits per heavy atom. The van der Waals surface area contributed by atoms with Gasteiger partial charge in [0.1, 0.15) is 24.0 Å². The van der Waals surface area contributed by atoms with Gasteiger partial charge in [0, 0.05) is 37.0 Å². The molecule has 3 aliphatic rings. The lowest BCUT2D eigenvalue weighted by atomic mass is 9.69. The molecule has 11 atom stereocenters. The number of hydrogen-bond donors (Lipinski definition) is 3. The third kappa shape index (κ3) is 5.34. The Morgan fingerprint density at radius 1 is 1.21 bits per heavy atom. The van der Waals surface area contributed by atoms with Crippen LogP contribution in [0.3, 0.4) is 0 Å². The molecule has 0 aromatic carbocycles. The van der Waals surface area contributed by atoms with E-state index in [4.69, 9.17) is 18.9 Å². The monoisotopic (exact) mass is 531 g/mol. The molecule has 1 aromatic rings. The van der Waals surface area contributed by atoms with E-state index >= 15 is 0 Å². The maximum Gasteiger partial charge on any atom is 0.355 e. The van der Waals surface area contributed by atoms with Crippen molar-refractivity contribution in [3.8, 4) is 0 Å². The van der Waals surface area contributed by atoms with E-state index < -0.39 is 60.1 Å². The van der Waals surface area contributed by atoms with Crippen LogP contribution in [0.15, 0.2) is 42.1 Å². The normalized spacial score (nSPS) is 37.7. The molecule has 3 N–H and O–H groups in total. The first-order chi connectivity index (χ1) is 18.0. The van der Waals surface area contributed by atoms with Gasteiger partial charge in [-0.25, -0.2) is 9.59 Å². The van der Waals surface area contributed by atoms with Crippen molar-refractivity contribution in [1.29, 1.82) is 0 Å². The van der Waals surface area contributed by atoms with Crippen LogP contribution in [0.2, 0.25) is 0 Å². The number of carbonyl (C=O) groups is 2. The zero-order chi connectivity index (χ0) is 27.8. The van der Waals surface area contributed by atoms with Gasteiger partial charge in [-0.3, -0.25) is 0 Å². The van der Waals surface area contributed by atoms with Gasteiger partial charge in [0.05, 0.1) is 17.8 Å². The second-order valence-corrected chi connectivity index (χ2v) is 11.2. The molecule has 210 valence electrons. The van der Waals surface area contributed by atoms with Crippen molar-refractivity contribution >= 4 is 11.9 Å². The molecule has 0 unspecified atom stereocenters. The van der Waals surface area contributed by atoms with E-state index in [1.54, 1.807) is 32.2 Å². The van der Waals surface area contributed by atoms with Gasteiger partial charge in [0.2, 0.25) is 0 Å². The molecule has 1 fully saturated rings. The van der Waals surface area contributed by atoms with E-state index in [1.807, 2.05) is 26.8 Å². The third-order valence-electron chi connectivity index (χ3n) is 8.60.